The number of esters is 1. The van der Waals surface area contributed by atoms with E-state index in [1.807, 2.05) is 26.0 Å². The molecule has 0 saturated carbocycles. The molecule has 0 bridgehead atoms. The average Bonchev–Trinajstić information content (AvgIpc) is 3.21. The highest BCUT2D eigenvalue weighted by Crippen LogP contribution is 2.30. The molecule has 2 heterocycles. The van der Waals surface area contributed by atoms with E-state index in [-0.39, 0.29) is 5.91 Å². The molecule has 2 aromatic heterocycles. The number of anilines is 1. The smallest absolute Gasteiger partial charge is 0.337 e. The predicted octanol–water partition coefficient (Wildman–Crippen LogP) is 4.37. The fraction of sp³-hybridized carbons (Fsp3) is 0.211. The number of hydrogen-bond acceptors (Lipinski definition) is 6. The predicted molar refractivity (Wildman–Crippen MR) is 99.8 cm³/mol. The second kappa shape index (κ2) is 7.13. The molecule has 0 radical (unpaired) electrons. The van der Waals surface area contributed by atoms with Gasteiger partial charge in [-0.15, -0.1) is 11.3 Å². The van der Waals surface area contributed by atoms with Gasteiger partial charge in [-0.25, -0.2) is 9.78 Å². The van der Waals surface area contributed by atoms with Gasteiger partial charge in [0.2, 0.25) is 0 Å². The minimum Gasteiger partial charge on any atom is -0.465 e. The first-order valence-corrected chi connectivity index (χ1v) is 8.75. The molecule has 0 fully saturated rings. The lowest BCUT2D eigenvalue weighted by Gasteiger charge is -2.09. The summed E-state index contributed by atoms with van der Waals surface area (Å²) in [5.74, 6) is 0.777. The quantitative estimate of drug-likeness (QED) is 0.690. The number of furan rings is 1. The number of ether oxygens (including phenoxy) is 1. The van der Waals surface area contributed by atoms with E-state index in [0.717, 1.165) is 11.3 Å². The van der Waals surface area contributed by atoms with Crippen molar-refractivity contribution in [2.75, 3.05) is 12.4 Å². The van der Waals surface area contributed by atoms with Gasteiger partial charge < -0.3 is 14.5 Å². The van der Waals surface area contributed by atoms with Crippen LogP contribution in [0.25, 0.3) is 10.8 Å². The van der Waals surface area contributed by atoms with Gasteiger partial charge in [-0.05, 0) is 56.7 Å². The standard InChI is InChI=1S/C19H18N2O4S/c1-10-9-13(19(23)24-4)6-7-14(10)21-17(22)16-12(3)20-18(26-16)15-8-5-11(2)25-15/h5-9H,1-4H3,(H,21,22). The molecule has 6 nitrogen and oxygen atoms in total. The van der Waals surface area contributed by atoms with Crippen molar-refractivity contribution >= 4 is 28.9 Å². The SMILES string of the molecule is COC(=O)c1ccc(NC(=O)c2sc(-c3ccc(C)o3)nc2C)c(C)c1. The van der Waals surface area contributed by atoms with Crippen molar-refractivity contribution in [1.29, 1.82) is 0 Å². The maximum absolute atomic E-state index is 12.6. The molecule has 1 amide bonds. The minimum atomic E-state index is -0.414. The summed E-state index contributed by atoms with van der Waals surface area (Å²) in [6.07, 6.45) is 0. The Kier molecular flexibility index (Phi) is 4.90. The summed E-state index contributed by atoms with van der Waals surface area (Å²) < 4.78 is 10.3. The highest BCUT2D eigenvalue weighted by molar-refractivity contribution is 7.17. The Hall–Kier alpha value is -2.93. The van der Waals surface area contributed by atoms with E-state index in [4.69, 9.17) is 9.15 Å². The average molecular weight is 370 g/mol. The fourth-order valence-electron chi connectivity index (χ4n) is 2.49. The zero-order valence-corrected chi connectivity index (χ0v) is 15.7. The second-order valence-corrected chi connectivity index (χ2v) is 6.82. The van der Waals surface area contributed by atoms with Crippen molar-refractivity contribution in [3.05, 3.63) is 57.8 Å². The van der Waals surface area contributed by atoms with Gasteiger partial charge in [0.25, 0.3) is 5.91 Å². The number of benzene rings is 1. The number of carbonyl (C=O) groups is 2. The molecule has 3 aromatic rings. The maximum Gasteiger partial charge on any atom is 0.337 e. The van der Waals surface area contributed by atoms with Crippen LogP contribution >= 0.6 is 11.3 Å². The molecule has 0 aliphatic carbocycles. The topological polar surface area (TPSA) is 81.4 Å². The van der Waals surface area contributed by atoms with E-state index in [1.165, 1.54) is 18.4 Å². The Morgan fingerprint density at radius 1 is 1.15 bits per heavy atom. The third-order valence-corrected chi connectivity index (χ3v) is 5.02. The molecule has 7 heteroatoms. The van der Waals surface area contributed by atoms with Gasteiger partial charge >= 0.3 is 5.97 Å². The number of rotatable bonds is 4. The largest absolute Gasteiger partial charge is 0.465 e. The lowest BCUT2D eigenvalue weighted by molar-refractivity contribution is 0.0600. The van der Waals surface area contributed by atoms with E-state index in [2.05, 4.69) is 10.3 Å². The molecule has 0 aliphatic heterocycles. The van der Waals surface area contributed by atoms with E-state index < -0.39 is 5.97 Å². The number of aromatic nitrogens is 1. The number of aryl methyl sites for hydroxylation is 3. The summed E-state index contributed by atoms with van der Waals surface area (Å²) in [6.45, 7) is 5.47. The Bertz CT molecular complexity index is 987. The summed E-state index contributed by atoms with van der Waals surface area (Å²) in [5, 5.41) is 3.54. The van der Waals surface area contributed by atoms with Crippen molar-refractivity contribution in [2.45, 2.75) is 20.8 Å². The fourth-order valence-corrected chi connectivity index (χ4v) is 3.41. The molecular weight excluding hydrogens is 352 g/mol. The summed E-state index contributed by atoms with van der Waals surface area (Å²) in [7, 11) is 1.33. The Labute approximate surface area is 154 Å². The molecule has 0 spiro atoms. The highest BCUT2D eigenvalue weighted by atomic mass is 32.1. The third kappa shape index (κ3) is 3.52. The van der Waals surface area contributed by atoms with Crippen molar-refractivity contribution in [2.24, 2.45) is 0 Å². The first-order chi connectivity index (χ1) is 12.4. The summed E-state index contributed by atoms with van der Waals surface area (Å²) >= 11 is 1.28. The van der Waals surface area contributed by atoms with Crippen LogP contribution in [0.15, 0.2) is 34.7 Å². The number of nitrogens with one attached hydrogen (secondary N) is 1. The summed E-state index contributed by atoms with van der Waals surface area (Å²) in [4.78, 5) is 29.2. The molecule has 0 saturated heterocycles. The first kappa shape index (κ1) is 17.9. The van der Waals surface area contributed by atoms with Crippen LogP contribution in [-0.4, -0.2) is 24.0 Å². The number of thiazole rings is 1. The molecule has 1 N–H and O–H groups in total. The lowest BCUT2D eigenvalue weighted by Crippen LogP contribution is -2.13. The Morgan fingerprint density at radius 3 is 2.54 bits per heavy atom. The van der Waals surface area contributed by atoms with E-state index >= 15 is 0 Å². The maximum atomic E-state index is 12.6. The van der Waals surface area contributed by atoms with Gasteiger partial charge in [-0.2, -0.15) is 0 Å². The van der Waals surface area contributed by atoms with Crippen molar-refractivity contribution in [3.8, 4) is 10.8 Å². The second-order valence-electron chi connectivity index (χ2n) is 5.82. The van der Waals surface area contributed by atoms with Gasteiger partial charge in [0.05, 0.1) is 18.4 Å². The van der Waals surface area contributed by atoms with Crippen LogP contribution < -0.4 is 5.32 Å². The summed E-state index contributed by atoms with van der Waals surface area (Å²) in [5.41, 5.74) is 2.48. The zero-order valence-electron chi connectivity index (χ0n) is 14.9. The van der Waals surface area contributed by atoms with Crippen molar-refractivity contribution < 1.29 is 18.7 Å². The van der Waals surface area contributed by atoms with Gasteiger partial charge in [-0.1, -0.05) is 0 Å². The monoisotopic (exact) mass is 370 g/mol. The normalized spacial score (nSPS) is 10.6. The molecule has 134 valence electrons. The summed E-state index contributed by atoms with van der Waals surface area (Å²) in [6, 6.07) is 8.68. The molecule has 3 rings (SSSR count). The van der Waals surface area contributed by atoms with E-state index in [1.54, 1.807) is 25.1 Å². The lowest BCUT2D eigenvalue weighted by atomic mass is 10.1. The molecule has 1 aromatic carbocycles. The molecule has 0 aliphatic rings. The van der Waals surface area contributed by atoms with Gasteiger partial charge in [0.15, 0.2) is 10.8 Å². The zero-order chi connectivity index (χ0) is 18.8. The van der Waals surface area contributed by atoms with Crippen LogP contribution in [0.1, 0.15) is 37.0 Å². The Balaban J connectivity index is 1.82. The van der Waals surface area contributed by atoms with Crippen molar-refractivity contribution in [1.82, 2.24) is 4.98 Å². The number of hydrogen-bond donors (Lipinski definition) is 1. The molecule has 26 heavy (non-hydrogen) atoms. The van der Waals surface area contributed by atoms with E-state index in [9.17, 15) is 9.59 Å². The van der Waals surface area contributed by atoms with Crippen LogP contribution in [-0.2, 0) is 4.74 Å². The van der Waals surface area contributed by atoms with Crippen LogP contribution in [0.4, 0.5) is 5.69 Å². The number of nitrogens with zero attached hydrogens (tertiary/aromatic N) is 1. The number of amides is 1. The van der Waals surface area contributed by atoms with Gasteiger partial charge in [0, 0.05) is 5.69 Å². The number of methoxy groups -OCH3 is 1. The molecule has 0 atom stereocenters. The van der Waals surface area contributed by atoms with Crippen LogP contribution in [0.2, 0.25) is 0 Å². The van der Waals surface area contributed by atoms with Gasteiger partial charge in [0.1, 0.15) is 10.6 Å². The minimum absolute atomic E-state index is 0.247. The van der Waals surface area contributed by atoms with Crippen LogP contribution in [0.3, 0.4) is 0 Å². The third-order valence-electron chi connectivity index (χ3n) is 3.85. The highest BCUT2D eigenvalue weighted by Gasteiger charge is 2.19. The van der Waals surface area contributed by atoms with Crippen molar-refractivity contribution in [3.63, 3.8) is 0 Å². The van der Waals surface area contributed by atoms with Crippen LogP contribution in [0.5, 0.6) is 0 Å². The van der Waals surface area contributed by atoms with E-state index in [0.29, 0.717) is 32.6 Å². The van der Waals surface area contributed by atoms with Crippen LogP contribution in [0, 0.1) is 20.8 Å². The Morgan fingerprint density at radius 2 is 1.92 bits per heavy atom. The number of carbonyl (C=O) groups excluding carboxylic acids is 2. The molecule has 0 unspecified atom stereocenters. The molecular formula is C19H18N2O4S. The van der Waals surface area contributed by atoms with Gasteiger partial charge in [-0.3, -0.25) is 4.79 Å². The first-order valence-electron chi connectivity index (χ1n) is 7.93.